The Bertz CT molecular complexity index is 873. The average molecular weight is 392 g/mol. The second-order valence-electron chi connectivity index (χ2n) is 6.00. The Hall–Kier alpha value is -2.16. The Labute approximate surface area is 157 Å². The minimum Gasteiger partial charge on any atom is -0.352 e. The monoisotopic (exact) mass is 391 g/mol. The number of anilines is 1. The summed E-state index contributed by atoms with van der Waals surface area (Å²) in [6.45, 7) is 2.39. The van der Waals surface area contributed by atoms with Crippen molar-refractivity contribution in [1.29, 1.82) is 0 Å². The lowest BCUT2D eigenvalue weighted by atomic mass is 10.1. The van der Waals surface area contributed by atoms with Gasteiger partial charge in [-0.25, -0.2) is 8.42 Å². The second kappa shape index (κ2) is 8.48. The van der Waals surface area contributed by atoms with Crippen LogP contribution in [0.3, 0.4) is 0 Å². The third-order valence-corrected chi connectivity index (χ3v) is 6.78. The molecule has 0 atom stereocenters. The van der Waals surface area contributed by atoms with Crippen LogP contribution >= 0.6 is 11.3 Å². The third-order valence-electron chi connectivity index (χ3n) is 4.00. The number of nitrogens with one attached hydrogen (secondary N) is 3. The number of benzene rings is 1. The van der Waals surface area contributed by atoms with Crippen LogP contribution in [0.5, 0.6) is 0 Å². The minimum absolute atomic E-state index is 0.0450. The largest absolute Gasteiger partial charge is 0.352 e. The predicted octanol–water partition coefficient (Wildman–Crippen LogP) is 2.13. The molecule has 3 N–H and O–H groups in total. The van der Waals surface area contributed by atoms with Gasteiger partial charge in [0.05, 0.1) is 6.42 Å². The summed E-state index contributed by atoms with van der Waals surface area (Å²) in [5, 5.41) is 7.88. The van der Waals surface area contributed by atoms with Crippen LogP contribution in [0.4, 0.5) is 5.69 Å². The second-order valence-corrected chi connectivity index (χ2v) is 8.86. The van der Waals surface area contributed by atoms with Gasteiger partial charge >= 0.3 is 0 Å². The molecule has 0 radical (unpaired) electrons. The van der Waals surface area contributed by atoms with E-state index >= 15 is 0 Å². The topological polar surface area (TPSA) is 87.3 Å². The van der Waals surface area contributed by atoms with Crippen molar-refractivity contribution >= 4 is 33.0 Å². The average Bonchev–Trinajstić information content (AvgIpc) is 3.18. The molecule has 2 aromatic rings. The molecular formula is C18H21N3O3S2. The highest BCUT2D eigenvalue weighted by atomic mass is 32.2. The van der Waals surface area contributed by atoms with Gasteiger partial charge in [0.15, 0.2) is 0 Å². The fourth-order valence-electron chi connectivity index (χ4n) is 2.60. The summed E-state index contributed by atoms with van der Waals surface area (Å²) in [6, 6.07) is 10.1. The van der Waals surface area contributed by atoms with Crippen molar-refractivity contribution in [3.05, 3.63) is 59.0 Å². The van der Waals surface area contributed by atoms with Crippen LogP contribution in [0, 0.1) is 0 Å². The lowest BCUT2D eigenvalue weighted by Crippen LogP contribution is -2.30. The summed E-state index contributed by atoms with van der Waals surface area (Å²) < 4.78 is 27.2. The smallest absolute Gasteiger partial charge is 0.271 e. The maximum absolute atomic E-state index is 12.2. The zero-order valence-corrected chi connectivity index (χ0v) is 15.8. The van der Waals surface area contributed by atoms with Crippen LogP contribution in [0.15, 0.2) is 57.6 Å². The van der Waals surface area contributed by atoms with Gasteiger partial charge in [0.25, 0.3) is 10.0 Å². The highest BCUT2D eigenvalue weighted by molar-refractivity contribution is 7.94. The molecule has 1 aliphatic rings. The molecule has 2 heterocycles. The Morgan fingerprint density at radius 3 is 2.65 bits per heavy atom. The molecule has 138 valence electrons. The Morgan fingerprint density at radius 1 is 1.19 bits per heavy atom. The predicted molar refractivity (Wildman–Crippen MR) is 104 cm³/mol. The number of carbonyl (C=O) groups is 1. The number of thiophene rings is 1. The van der Waals surface area contributed by atoms with Gasteiger partial charge in [-0.15, -0.1) is 11.3 Å². The van der Waals surface area contributed by atoms with E-state index in [0.29, 0.717) is 12.2 Å². The van der Waals surface area contributed by atoms with Gasteiger partial charge in [-0.05, 0) is 42.1 Å². The first-order valence-electron chi connectivity index (χ1n) is 8.33. The van der Waals surface area contributed by atoms with E-state index in [-0.39, 0.29) is 16.5 Å². The molecule has 0 aliphatic carbocycles. The highest BCUT2D eigenvalue weighted by Crippen LogP contribution is 2.20. The normalized spacial score (nSPS) is 14.5. The number of carbonyl (C=O) groups excluding carboxylic acids is 1. The van der Waals surface area contributed by atoms with Crippen LogP contribution in [-0.2, 0) is 21.2 Å². The van der Waals surface area contributed by atoms with Gasteiger partial charge in [-0.1, -0.05) is 29.8 Å². The molecule has 1 aromatic heterocycles. The third kappa shape index (κ3) is 5.17. The van der Waals surface area contributed by atoms with E-state index in [1.54, 1.807) is 41.8 Å². The van der Waals surface area contributed by atoms with Crippen molar-refractivity contribution in [2.75, 3.05) is 24.4 Å². The number of amides is 1. The molecule has 8 heteroatoms. The Kier molecular flexibility index (Phi) is 6.08. The summed E-state index contributed by atoms with van der Waals surface area (Å²) in [4.78, 5) is 12.1. The van der Waals surface area contributed by atoms with Crippen LogP contribution in [0.2, 0.25) is 0 Å². The molecule has 6 nitrogen and oxygen atoms in total. The van der Waals surface area contributed by atoms with E-state index in [1.165, 1.54) is 16.9 Å². The maximum Gasteiger partial charge on any atom is 0.271 e. The Balaban J connectivity index is 1.52. The molecule has 0 fully saturated rings. The van der Waals surface area contributed by atoms with E-state index in [2.05, 4.69) is 21.4 Å². The zero-order chi connectivity index (χ0) is 18.4. The summed E-state index contributed by atoms with van der Waals surface area (Å²) in [7, 11) is -3.55. The molecule has 0 unspecified atom stereocenters. The lowest BCUT2D eigenvalue weighted by Gasteiger charge is -2.14. The molecule has 1 amide bonds. The van der Waals surface area contributed by atoms with Gasteiger partial charge in [0.2, 0.25) is 5.91 Å². The first-order chi connectivity index (χ1) is 12.5. The van der Waals surface area contributed by atoms with E-state index in [0.717, 1.165) is 25.1 Å². The van der Waals surface area contributed by atoms with Gasteiger partial charge < -0.3 is 10.6 Å². The summed E-state index contributed by atoms with van der Waals surface area (Å²) in [6.07, 6.45) is 3.33. The standard InChI is InChI=1S/C18H21N3O3S2/c22-17(20-13-15-7-9-19-10-8-15)12-14-3-5-16(6-4-14)21-26(23,24)18-2-1-11-25-18/h1-7,11,19,21H,8-10,12-13H2,(H,20,22). The SMILES string of the molecule is O=C(Cc1ccc(NS(=O)(=O)c2cccs2)cc1)NCC1=CCNCC1. The summed E-state index contributed by atoms with van der Waals surface area (Å²) in [5.41, 5.74) is 2.55. The fourth-order valence-corrected chi connectivity index (χ4v) is 4.65. The molecule has 0 spiro atoms. The van der Waals surface area contributed by atoms with Crippen molar-refractivity contribution in [2.45, 2.75) is 17.1 Å². The van der Waals surface area contributed by atoms with Gasteiger partial charge in [0, 0.05) is 18.8 Å². The van der Waals surface area contributed by atoms with Gasteiger partial charge in [-0.3, -0.25) is 9.52 Å². The molecule has 0 saturated heterocycles. The van der Waals surface area contributed by atoms with Crippen molar-refractivity contribution in [3.8, 4) is 0 Å². The van der Waals surface area contributed by atoms with Crippen LogP contribution in [-0.4, -0.2) is 34.0 Å². The molecule has 0 bridgehead atoms. The first kappa shape index (κ1) is 18.6. The summed E-state index contributed by atoms with van der Waals surface area (Å²) >= 11 is 1.17. The Morgan fingerprint density at radius 2 is 2.00 bits per heavy atom. The van der Waals surface area contributed by atoms with E-state index in [4.69, 9.17) is 0 Å². The van der Waals surface area contributed by atoms with Crippen LogP contribution in [0.1, 0.15) is 12.0 Å². The molecule has 3 rings (SSSR count). The van der Waals surface area contributed by atoms with Crippen molar-refractivity contribution in [1.82, 2.24) is 10.6 Å². The number of hydrogen-bond acceptors (Lipinski definition) is 5. The summed E-state index contributed by atoms with van der Waals surface area (Å²) in [5.74, 6) is -0.0450. The van der Waals surface area contributed by atoms with Crippen molar-refractivity contribution < 1.29 is 13.2 Å². The van der Waals surface area contributed by atoms with Gasteiger partial charge in [0.1, 0.15) is 4.21 Å². The van der Waals surface area contributed by atoms with Crippen molar-refractivity contribution in [2.24, 2.45) is 0 Å². The molecule has 1 aliphatic heterocycles. The molecule has 1 aromatic carbocycles. The number of sulfonamides is 1. The quantitative estimate of drug-likeness (QED) is 0.631. The lowest BCUT2D eigenvalue weighted by molar-refractivity contribution is -0.120. The minimum atomic E-state index is -3.55. The van der Waals surface area contributed by atoms with Crippen molar-refractivity contribution in [3.63, 3.8) is 0 Å². The zero-order valence-electron chi connectivity index (χ0n) is 14.2. The molecule has 26 heavy (non-hydrogen) atoms. The number of hydrogen-bond donors (Lipinski definition) is 3. The maximum atomic E-state index is 12.2. The first-order valence-corrected chi connectivity index (χ1v) is 10.7. The van der Waals surface area contributed by atoms with Crippen LogP contribution < -0.4 is 15.4 Å². The van der Waals surface area contributed by atoms with Crippen LogP contribution in [0.25, 0.3) is 0 Å². The molecule has 0 saturated carbocycles. The van der Waals surface area contributed by atoms with E-state index in [1.807, 2.05) is 0 Å². The highest BCUT2D eigenvalue weighted by Gasteiger charge is 2.15. The number of rotatable bonds is 7. The van der Waals surface area contributed by atoms with E-state index in [9.17, 15) is 13.2 Å². The molecular weight excluding hydrogens is 370 g/mol. The van der Waals surface area contributed by atoms with E-state index < -0.39 is 10.0 Å². The fraction of sp³-hybridized carbons (Fsp3) is 0.278. The van der Waals surface area contributed by atoms with Gasteiger partial charge in [-0.2, -0.15) is 0 Å².